The van der Waals surface area contributed by atoms with Gasteiger partial charge in [0.25, 0.3) is 0 Å². The van der Waals surface area contributed by atoms with Crippen molar-refractivity contribution in [3.8, 4) is 0 Å². The molecule has 1 aliphatic heterocycles. The molecule has 0 amide bonds. The summed E-state index contributed by atoms with van der Waals surface area (Å²) < 4.78 is 12.9. The van der Waals surface area contributed by atoms with Gasteiger partial charge in [0.2, 0.25) is 0 Å². The second-order valence-electron chi connectivity index (χ2n) is 2.93. The molecule has 2 heterocycles. The Hall–Kier alpha value is -0.770. The van der Waals surface area contributed by atoms with Gasteiger partial charge in [0, 0.05) is 36.9 Å². The van der Waals surface area contributed by atoms with Gasteiger partial charge in [0.1, 0.15) is 11.6 Å². The van der Waals surface area contributed by atoms with Crippen molar-refractivity contribution in [3.63, 3.8) is 0 Å². The average Bonchev–Trinajstić information content (AvgIpc) is 2.19. The van der Waals surface area contributed by atoms with Crippen LogP contribution in [0, 0.1) is 5.82 Å². The zero-order chi connectivity index (χ0) is 9.10. The summed E-state index contributed by atoms with van der Waals surface area (Å²) in [6.07, 6.45) is 1.52. The Morgan fingerprint density at radius 3 is 2.85 bits per heavy atom. The standard InChI is InChI=1S/C9H11FN2S/c10-8-1-2-11-9(7-8)12-3-5-13-6-4-12/h1-2,7H,3-6H2. The maximum atomic E-state index is 12.9. The normalized spacial score (nSPS) is 17.5. The molecule has 0 aliphatic carbocycles. The van der Waals surface area contributed by atoms with Crippen molar-refractivity contribution in [2.45, 2.75) is 0 Å². The number of pyridine rings is 1. The smallest absolute Gasteiger partial charge is 0.131 e. The summed E-state index contributed by atoms with van der Waals surface area (Å²) in [5, 5.41) is 0. The Morgan fingerprint density at radius 1 is 1.38 bits per heavy atom. The van der Waals surface area contributed by atoms with Crippen LogP contribution in [-0.2, 0) is 0 Å². The summed E-state index contributed by atoms with van der Waals surface area (Å²) in [4.78, 5) is 6.26. The van der Waals surface area contributed by atoms with E-state index in [0.717, 1.165) is 30.4 Å². The lowest BCUT2D eigenvalue weighted by molar-refractivity contribution is 0.624. The molecule has 0 aromatic carbocycles. The number of hydrogen-bond acceptors (Lipinski definition) is 3. The summed E-state index contributed by atoms with van der Waals surface area (Å²) in [5.41, 5.74) is 0. The van der Waals surface area contributed by atoms with E-state index >= 15 is 0 Å². The fraction of sp³-hybridized carbons (Fsp3) is 0.444. The molecule has 0 N–H and O–H groups in total. The molecule has 0 bridgehead atoms. The minimum absolute atomic E-state index is 0.205. The third kappa shape index (κ3) is 2.12. The van der Waals surface area contributed by atoms with E-state index < -0.39 is 0 Å². The Bertz CT molecular complexity index is 287. The molecule has 2 nitrogen and oxygen atoms in total. The van der Waals surface area contributed by atoms with Crippen LogP contribution in [0.15, 0.2) is 18.3 Å². The first-order chi connectivity index (χ1) is 6.36. The molecule has 1 aromatic rings. The van der Waals surface area contributed by atoms with Gasteiger partial charge in [-0.05, 0) is 6.07 Å². The maximum Gasteiger partial charge on any atom is 0.131 e. The Balaban J connectivity index is 2.14. The molecule has 0 unspecified atom stereocenters. The second-order valence-corrected chi connectivity index (χ2v) is 4.16. The fourth-order valence-corrected chi connectivity index (χ4v) is 2.26. The fourth-order valence-electron chi connectivity index (χ4n) is 1.36. The van der Waals surface area contributed by atoms with E-state index in [0.29, 0.717) is 0 Å². The van der Waals surface area contributed by atoms with E-state index in [4.69, 9.17) is 0 Å². The van der Waals surface area contributed by atoms with Crippen LogP contribution in [0.25, 0.3) is 0 Å². The summed E-state index contributed by atoms with van der Waals surface area (Å²) in [6.45, 7) is 1.95. The van der Waals surface area contributed by atoms with Crippen LogP contribution in [0.5, 0.6) is 0 Å². The molecule has 2 rings (SSSR count). The van der Waals surface area contributed by atoms with Gasteiger partial charge < -0.3 is 4.90 Å². The number of halogens is 1. The highest BCUT2D eigenvalue weighted by atomic mass is 32.2. The summed E-state index contributed by atoms with van der Waals surface area (Å²) in [6, 6.07) is 2.87. The summed E-state index contributed by atoms with van der Waals surface area (Å²) >= 11 is 1.93. The molecule has 1 aromatic heterocycles. The summed E-state index contributed by atoms with van der Waals surface area (Å²) in [7, 11) is 0. The van der Waals surface area contributed by atoms with Crippen LogP contribution in [0.3, 0.4) is 0 Å². The largest absolute Gasteiger partial charge is 0.355 e. The topological polar surface area (TPSA) is 16.1 Å². The number of rotatable bonds is 1. The zero-order valence-electron chi connectivity index (χ0n) is 7.24. The number of anilines is 1. The van der Waals surface area contributed by atoms with Crippen LogP contribution in [0.2, 0.25) is 0 Å². The predicted molar refractivity (Wildman–Crippen MR) is 53.7 cm³/mol. The van der Waals surface area contributed by atoms with Crippen molar-refractivity contribution in [2.75, 3.05) is 29.5 Å². The number of hydrogen-bond donors (Lipinski definition) is 0. The lowest BCUT2D eigenvalue weighted by Crippen LogP contribution is -2.33. The van der Waals surface area contributed by atoms with Crippen LogP contribution in [0.4, 0.5) is 10.2 Å². The van der Waals surface area contributed by atoms with E-state index in [1.165, 1.54) is 18.3 Å². The molecule has 70 valence electrons. The van der Waals surface area contributed by atoms with Gasteiger partial charge in [0.05, 0.1) is 0 Å². The SMILES string of the molecule is Fc1ccnc(N2CCSCC2)c1. The van der Waals surface area contributed by atoms with E-state index in [2.05, 4.69) is 9.88 Å². The van der Waals surface area contributed by atoms with Crippen LogP contribution >= 0.6 is 11.8 Å². The van der Waals surface area contributed by atoms with Crippen molar-refractivity contribution in [1.29, 1.82) is 0 Å². The molecule has 1 fully saturated rings. The van der Waals surface area contributed by atoms with E-state index in [9.17, 15) is 4.39 Å². The minimum Gasteiger partial charge on any atom is -0.355 e. The van der Waals surface area contributed by atoms with Crippen LogP contribution < -0.4 is 4.90 Å². The van der Waals surface area contributed by atoms with Gasteiger partial charge in [0.15, 0.2) is 0 Å². The van der Waals surface area contributed by atoms with Gasteiger partial charge in [-0.3, -0.25) is 0 Å². The van der Waals surface area contributed by atoms with Crippen molar-refractivity contribution in [3.05, 3.63) is 24.1 Å². The average molecular weight is 198 g/mol. The molecule has 0 spiro atoms. The van der Waals surface area contributed by atoms with Crippen LogP contribution in [-0.4, -0.2) is 29.6 Å². The van der Waals surface area contributed by atoms with E-state index in [-0.39, 0.29) is 5.82 Å². The number of nitrogens with zero attached hydrogens (tertiary/aromatic N) is 2. The second kappa shape index (κ2) is 3.96. The Morgan fingerprint density at radius 2 is 2.15 bits per heavy atom. The minimum atomic E-state index is -0.205. The van der Waals surface area contributed by atoms with Crippen molar-refractivity contribution in [2.24, 2.45) is 0 Å². The quantitative estimate of drug-likeness (QED) is 0.684. The first kappa shape index (κ1) is 8.81. The Kier molecular flexibility index (Phi) is 2.68. The number of aromatic nitrogens is 1. The number of thioether (sulfide) groups is 1. The van der Waals surface area contributed by atoms with Crippen molar-refractivity contribution in [1.82, 2.24) is 4.98 Å². The molecule has 0 atom stereocenters. The predicted octanol–water partition coefficient (Wildman–Crippen LogP) is 1.77. The van der Waals surface area contributed by atoms with Crippen molar-refractivity contribution >= 4 is 17.6 Å². The molecule has 0 saturated carbocycles. The molecule has 13 heavy (non-hydrogen) atoms. The van der Waals surface area contributed by atoms with Gasteiger partial charge in [-0.25, -0.2) is 9.37 Å². The molecular formula is C9H11FN2S. The first-order valence-corrected chi connectivity index (χ1v) is 5.46. The lowest BCUT2D eigenvalue weighted by atomic mass is 10.4. The third-order valence-electron chi connectivity index (χ3n) is 2.04. The van der Waals surface area contributed by atoms with Gasteiger partial charge in [-0.1, -0.05) is 0 Å². The molecule has 0 radical (unpaired) electrons. The zero-order valence-corrected chi connectivity index (χ0v) is 8.06. The first-order valence-electron chi connectivity index (χ1n) is 4.30. The monoisotopic (exact) mass is 198 g/mol. The lowest BCUT2D eigenvalue weighted by Gasteiger charge is -2.27. The highest BCUT2D eigenvalue weighted by Crippen LogP contribution is 2.17. The van der Waals surface area contributed by atoms with Gasteiger partial charge in [-0.15, -0.1) is 0 Å². The van der Waals surface area contributed by atoms with Gasteiger partial charge in [-0.2, -0.15) is 11.8 Å². The van der Waals surface area contributed by atoms with Crippen molar-refractivity contribution < 1.29 is 4.39 Å². The highest BCUT2D eigenvalue weighted by Gasteiger charge is 2.12. The van der Waals surface area contributed by atoms with E-state index in [1.54, 1.807) is 0 Å². The molecule has 1 aliphatic rings. The van der Waals surface area contributed by atoms with Crippen LogP contribution in [0.1, 0.15) is 0 Å². The molecule has 1 saturated heterocycles. The summed E-state index contributed by atoms with van der Waals surface area (Å²) in [5.74, 6) is 2.78. The van der Waals surface area contributed by atoms with Gasteiger partial charge >= 0.3 is 0 Å². The molecular weight excluding hydrogens is 187 g/mol. The maximum absolute atomic E-state index is 12.9. The Labute approximate surface area is 81.2 Å². The third-order valence-corrected chi connectivity index (χ3v) is 2.99. The highest BCUT2D eigenvalue weighted by molar-refractivity contribution is 7.99. The molecule has 4 heteroatoms. The van der Waals surface area contributed by atoms with E-state index in [1.807, 2.05) is 11.8 Å².